The van der Waals surface area contributed by atoms with Gasteiger partial charge in [0, 0.05) is 16.1 Å². The number of benzene rings is 1. The number of hydrogen-bond acceptors (Lipinski definition) is 2. The highest BCUT2D eigenvalue weighted by molar-refractivity contribution is 9.10. The van der Waals surface area contributed by atoms with E-state index >= 15 is 0 Å². The fourth-order valence-corrected chi connectivity index (χ4v) is 2.24. The summed E-state index contributed by atoms with van der Waals surface area (Å²) in [5.41, 5.74) is 1.30. The molecule has 1 unspecified atom stereocenters. The second-order valence-corrected chi connectivity index (χ2v) is 4.90. The zero-order valence-corrected chi connectivity index (χ0v) is 9.38. The Hall–Kier alpha value is -0.540. The minimum atomic E-state index is 0.398. The topological polar surface area (TPSA) is 21.3 Å². The molecule has 1 N–H and O–H groups in total. The highest BCUT2D eigenvalue weighted by Crippen LogP contribution is 2.36. The molecule has 0 bridgehead atoms. The van der Waals surface area contributed by atoms with Crippen LogP contribution in [0.4, 0.5) is 0 Å². The molecule has 1 atom stereocenters. The Kier molecular flexibility index (Phi) is 2.03. The second-order valence-electron chi connectivity index (χ2n) is 3.99. The molecule has 1 heterocycles. The first-order valence-electron chi connectivity index (χ1n) is 5.01. The Labute approximate surface area is 91.8 Å². The average molecular weight is 254 g/mol. The largest absolute Gasteiger partial charge is 0.491 e. The van der Waals surface area contributed by atoms with Gasteiger partial charge in [-0.25, -0.2) is 0 Å². The van der Waals surface area contributed by atoms with Crippen LogP contribution < -0.4 is 10.1 Å². The van der Waals surface area contributed by atoms with Crippen LogP contribution >= 0.6 is 15.9 Å². The molecule has 1 fully saturated rings. The summed E-state index contributed by atoms with van der Waals surface area (Å²) in [4.78, 5) is 0. The molecule has 0 radical (unpaired) electrons. The van der Waals surface area contributed by atoms with E-state index in [1.807, 2.05) is 12.1 Å². The van der Waals surface area contributed by atoms with Crippen molar-refractivity contribution in [3.63, 3.8) is 0 Å². The van der Waals surface area contributed by atoms with Crippen LogP contribution in [-0.4, -0.2) is 12.6 Å². The Morgan fingerprint density at radius 2 is 2.21 bits per heavy atom. The maximum atomic E-state index is 5.61. The molecule has 3 rings (SSSR count). The van der Waals surface area contributed by atoms with E-state index in [-0.39, 0.29) is 0 Å². The normalized spacial score (nSPS) is 24.5. The molecule has 1 aliphatic heterocycles. The van der Waals surface area contributed by atoms with E-state index in [1.165, 1.54) is 18.4 Å². The number of fused-ring (bicyclic) bond motifs is 1. The van der Waals surface area contributed by atoms with E-state index < -0.39 is 0 Å². The molecule has 0 aromatic heterocycles. The zero-order chi connectivity index (χ0) is 9.54. The molecular weight excluding hydrogens is 242 g/mol. The van der Waals surface area contributed by atoms with Gasteiger partial charge in [-0.05, 0) is 31.0 Å². The van der Waals surface area contributed by atoms with Crippen LogP contribution in [0.15, 0.2) is 22.7 Å². The first kappa shape index (κ1) is 8.74. The first-order valence-corrected chi connectivity index (χ1v) is 5.80. The van der Waals surface area contributed by atoms with Crippen molar-refractivity contribution in [3.8, 4) is 5.75 Å². The Bertz CT molecular complexity index is 362. The molecule has 1 saturated carbocycles. The van der Waals surface area contributed by atoms with Crippen molar-refractivity contribution in [1.29, 1.82) is 0 Å². The average Bonchev–Trinajstić information content (AvgIpc) is 2.90. The van der Waals surface area contributed by atoms with Gasteiger partial charge < -0.3 is 10.1 Å². The molecule has 0 saturated heterocycles. The monoisotopic (exact) mass is 253 g/mol. The van der Waals surface area contributed by atoms with Gasteiger partial charge in [0.1, 0.15) is 12.4 Å². The minimum Gasteiger partial charge on any atom is -0.491 e. The lowest BCUT2D eigenvalue weighted by atomic mass is 10.1. The highest BCUT2D eigenvalue weighted by atomic mass is 79.9. The molecule has 3 heteroatoms. The van der Waals surface area contributed by atoms with Gasteiger partial charge in [-0.3, -0.25) is 0 Å². The van der Waals surface area contributed by atoms with Crippen LogP contribution in [0, 0.1) is 0 Å². The third-order valence-corrected chi connectivity index (χ3v) is 3.26. The second kappa shape index (κ2) is 3.24. The summed E-state index contributed by atoms with van der Waals surface area (Å²) in [5, 5.41) is 3.59. The Morgan fingerprint density at radius 3 is 3.00 bits per heavy atom. The van der Waals surface area contributed by atoms with Gasteiger partial charge >= 0.3 is 0 Å². The van der Waals surface area contributed by atoms with Gasteiger partial charge in [0.25, 0.3) is 0 Å². The predicted octanol–water partition coefficient (Wildman–Crippen LogP) is 2.63. The van der Waals surface area contributed by atoms with Crippen molar-refractivity contribution in [2.75, 3.05) is 6.61 Å². The maximum absolute atomic E-state index is 5.61. The standard InChI is InChI=1S/C11H12BrNO/c12-7-1-4-11-9(5-7)10(6-14-11)13-8-2-3-8/h1,4-5,8,10,13H,2-3,6H2. The molecule has 1 aromatic carbocycles. The van der Waals surface area contributed by atoms with Crippen LogP contribution in [-0.2, 0) is 0 Å². The smallest absolute Gasteiger partial charge is 0.124 e. The fraction of sp³-hybridized carbons (Fsp3) is 0.455. The van der Waals surface area contributed by atoms with E-state index in [0.29, 0.717) is 6.04 Å². The predicted molar refractivity (Wildman–Crippen MR) is 58.5 cm³/mol. The van der Waals surface area contributed by atoms with Gasteiger partial charge in [-0.15, -0.1) is 0 Å². The summed E-state index contributed by atoms with van der Waals surface area (Å²) in [6.45, 7) is 0.780. The molecule has 1 aromatic rings. The summed E-state index contributed by atoms with van der Waals surface area (Å²) >= 11 is 3.49. The number of hydrogen-bond donors (Lipinski definition) is 1. The van der Waals surface area contributed by atoms with E-state index in [2.05, 4.69) is 27.3 Å². The van der Waals surface area contributed by atoms with Crippen molar-refractivity contribution < 1.29 is 4.74 Å². The number of rotatable bonds is 2. The first-order chi connectivity index (χ1) is 6.83. The quantitative estimate of drug-likeness (QED) is 0.875. The third kappa shape index (κ3) is 1.55. The molecule has 74 valence electrons. The minimum absolute atomic E-state index is 0.398. The van der Waals surface area contributed by atoms with Gasteiger partial charge in [0.2, 0.25) is 0 Å². The Morgan fingerprint density at radius 1 is 1.36 bits per heavy atom. The SMILES string of the molecule is Brc1ccc2c(c1)C(NC1CC1)CO2. The van der Waals surface area contributed by atoms with Crippen molar-refractivity contribution in [2.24, 2.45) is 0 Å². The Balaban J connectivity index is 1.87. The van der Waals surface area contributed by atoms with Gasteiger partial charge in [-0.2, -0.15) is 0 Å². The molecule has 14 heavy (non-hydrogen) atoms. The molecule has 0 amide bonds. The van der Waals surface area contributed by atoms with Crippen molar-refractivity contribution in [1.82, 2.24) is 5.32 Å². The lowest BCUT2D eigenvalue weighted by molar-refractivity contribution is 0.310. The van der Waals surface area contributed by atoms with Gasteiger partial charge in [-0.1, -0.05) is 15.9 Å². The number of ether oxygens (including phenoxy) is 1. The lowest BCUT2D eigenvalue weighted by Gasteiger charge is -2.10. The van der Waals surface area contributed by atoms with Crippen molar-refractivity contribution in [3.05, 3.63) is 28.2 Å². The lowest BCUT2D eigenvalue weighted by Crippen LogP contribution is -2.24. The summed E-state index contributed by atoms with van der Waals surface area (Å²) in [7, 11) is 0. The summed E-state index contributed by atoms with van der Waals surface area (Å²) in [6, 6.07) is 7.35. The van der Waals surface area contributed by atoms with Crippen LogP contribution in [0.3, 0.4) is 0 Å². The summed E-state index contributed by atoms with van der Waals surface area (Å²) < 4.78 is 6.74. The van der Waals surface area contributed by atoms with Crippen LogP contribution in [0.25, 0.3) is 0 Å². The highest BCUT2D eigenvalue weighted by Gasteiger charge is 2.30. The van der Waals surface area contributed by atoms with E-state index in [9.17, 15) is 0 Å². The molecule has 2 nitrogen and oxygen atoms in total. The molecule has 2 aliphatic rings. The van der Waals surface area contributed by atoms with Gasteiger partial charge in [0.15, 0.2) is 0 Å². The van der Waals surface area contributed by atoms with E-state index in [0.717, 1.165) is 22.9 Å². The number of nitrogens with one attached hydrogen (secondary N) is 1. The molecule has 1 aliphatic carbocycles. The van der Waals surface area contributed by atoms with Crippen LogP contribution in [0.2, 0.25) is 0 Å². The third-order valence-electron chi connectivity index (χ3n) is 2.77. The summed E-state index contributed by atoms with van der Waals surface area (Å²) in [6.07, 6.45) is 2.64. The van der Waals surface area contributed by atoms with E-state index in [4.69, 9.17) is 4.74 Å². The van der Waals surface area contributed by atoms with Crippen LogP contribution in [0.5, 0.6) is 5.75 Å². The van der Waals surface area contributed by atoms with E-state index in [1.54, 1.807) is 0 Å². The number of halogens is 1. The zero-order valence-electron chi connectivity index (χ0n) is 7.79. The molecular formula is C11H12BrNO. The van der Waals surface area contributed by atoms with Crippen LogP contribution in [0.1, 0.15) is 24.4 Å². The maximum Gasteiger partial charge on any atom is 0.124 e. The summed E-state index contributed by atoms with van der Waals surface area (Å²) in [5.74, 6) is 1.03. The molecule has 0 spiro atoms. The van der Waals surface area contributed by atoms with Gasteiger partial charge in [0.05, 0.1) is 6.04 Å². The van der Waals surface area contributed by atoms with Crippen molar-refractivity contribution >= 4 is 15.9 Å². The van der Waals surface area contributed by atoms with Crippen molar-refractivity contribution in [2.45, 2.75) is 24.9 Å². The fourth-order valence-electron chi connectivity index (χ4n) is 1.86.